The van der Waals surface area contributed by atoms with Crippen LogP contribution in [0.4, 0.5) is 5.69 Å². The van der Waals surface area contributed by atoms with Gasteiger partial charge in [0.05, 0.1) is 16.9 Å². The van der Waals surface area contributed by atoms with Gasteiger partial charge >= 0.3 is 0 Å². The van der Waals surface area contributed by atoms with Crippen molar-refractivity contribution in [2.24, 2.45) is 0 Å². The molecule has 5 heteroatoms. The quantitative estimate of drug-likeness (QED) is 0.802. The van der Waals surface area contributed by atoms with Crippen molar-refractivity contribution in [2.75, 3.05) is 12.8 Å². The number of pyridine rings is 1. The first-order chi connectivity index (χ1) is 9.70. The van der Waals surface area contributed by atoms with Gasteiger partial charge in [0.2, 0.25) is 0 Å². The van der Waals surface area contributed by atoms with Crippen molar-refractivity contribution >= 4 is 27.4 Å². The number of nitrogen functional groups attached to an aromatic ring is 1. The summed E-state index contributed by atoms with van der Waals surface area (Å²) in [6.45, 7) is 1.97. The summed E-state index contributed by atoms with van der Waals surface area (Å²) in [7, 11) is 1.68. The lowest BCUT2D eigenvalue weighted by molar-refractivity contribution is 0.138. The number of hydrogen-bond donors (Lipinski definition) is 1. The SMILES string of the molecule is COC(c1ccccc1)c1c(N)cnc2sc(C)nc12. The summed E-state index contributed by atoms with van der Waals surface area (Å²) in [4.78, 5) is 9.81. The van der Waals surface area contributed by atoms with Gasteiger partial charge in [-0.2, -0.15) is 0 Å². The van der Waals surface area contributed by atoms with E-state index in [-0.39, 0.29) is 6.10 Å². The molecule has 0 aliphatic carbocycles. The molecule has 1 atom stereocenters. The Labute approximate surface area is 121 Å². The van der Waals surface area contributed by atoms with Crippen LogP contribution in [-0.2, 0) is 4.74 Å². The molecule has 0 bridgehead atoms. The summed E-state index contributed by atoms with van der Waals surface area (Å²) in [5.41, 5.74) is 9.53. The van der Waals surface area contributed by atoms with Crippen LogP contribution in [0.15, 0.2) is 36.5 Å². The first kappa shape index (κ1) is 13.0. The van der Waals surface area contributed by atoms with Crippen LogP contribution < -0.4 is 5.73 Å². The molecule has 4 nitrogen and oxygen atoms in total. The normalized spacial score (nSPS) is 12.7. The van der Waals surface area contributed by atoms with E-state index < -0.39 is 0 Å². The van der Waals surface area contributed by atoms with Gasteiger partial charge in [-0.1, -0.05) is 41.7 Å². The van der Waals surface area contributed by atoms with E-state index in [1.807, 2.05) is 37.3 Å². The molecule has 0 amide bonds. The molecular formula is C15H15N3OS. The molecule has 3 aromatic rings. The van der Waals surface area contributed by atoms with E-state index in [9.17, 15) is 0 Å². The van der Waals surface area contributed by atoms with Gasteiger partial charge in [-0.15, -0.1) is 0 Å². The Morgan fingerprint density at radius 1 is 1.25 bits per heavy atom. The molecule has 0 saturated heterocycles. The Morgan fingerprint density at radius 2 is 2.00 bits per heavy atom. The zero-order chi connectivity index (χ0) is 14.1. The Balaban J connectivity index is 2.23. The highest BCUT2D eigenvalue weighted by Crippen LogP contribution is 2.35. The molecule has 0 aliphatic rings. The molecule has 2 heterocycles. The molecule has 102 valence electrons. The van der Waals surface area contributed by atoms with Gasteiger partial charge < -0.3 is 10.5 Å². The fraction of sp³-hybridized carbons (Fsp3) is 0.200. The van der Waals surface area contributed by atoms with E-state index in [0.29, 0.717) is 5.69 Å². The highest BCUT2D eigenvalue weighted by Gasteiger charge is 2.21. The number of nitrogens with two attached hydrogens (primary N) is 1. The molecule has 0 spiro atoms. The van der Waals surface area contributed by atoms with Crippen molar-refractivity contribution in [2.45, 2.75) is 13.0 Å². The van der Waals surface area contributed by atoms with Crippen molar-refractivity contribution in [3.05, 3.63) is 52.7 Å². The summed E-state index contributed by atoms with van der Waals surface area (Å²) >= 11 is 1.56. The first-order valence-electron chi connectivity index (χ1n) is 6.30. The second-order valence-electron chi connectivity index (χ2n) is 4.54. The zero-order valence-electron chi connectivity index (χ0n) is 11.3. The molecule has 0 saturated carbocycles. The average Bonchev–Trinajstić information content (AvgIpc) is 2.84. The van der Waals surface area contributed by atoms with Crippen LogP contribution in [-0.4, -0.2) is 17.1 Å². The molecular weight excluding hydrogens is 270 g/mol. The number of hydrogen-bond acceptors (Lipinski definition) is 5. The Bertz CT molecular complexity index is 739. The smallest absolute Gasteiger partial charge is 0.143 e. The highest BCUT2D eigenvalue weighted by atomic mass is 32.1. The second kappa shape index (κ2) is 5.19. The fourth-order valence-electron chi connectivity index (χ4n) is 2.34. The van der Waals surface area contributed by atoms with Gasteiger partial charge in [0.25, 0.3) is 0 Å². The number of ether oxygens (including phenoxy) is 1. The Morgan fingerprint density at radius 3 is 2.70 bits per heavy atom. The van der Waals surface area contributed by atoms with Crippen LogP contribution in [0.25, 0.3) is 10.3 Å². The summed E-state index contributed by atoms with van der Waals surface area (Å²) in [6.07, 6.45) is 1.45. The number of fused-ring (bicyclic) bond motifs is 1. The van der Waals surface area contributed by atoms with E-state index in [1.165, 1.54) is 0 Å². The predicted molar refractivity (Wildman–Crippen MR) is 81.9 cm³/mol. The lowest BCUT2D eigenvalue weighted by atomic mass is 10.0. The number of anilines is 1. The number of aryl methyl sites for hydroxylation is 1. The fourth-order valence-corrected chi connectivity index (χ4v) is 3.11. The average molecular weight is 285 g/mol. The van der Waals surface area contributed by atoms with Crippen LogP contribution >= 0.6 is 11.3 Å². The van der Waals surface area contributed by atoms with Crippen LogP contribution in [0.2, 0.25) is 0 Å². The largest absolute Gasteiger partial charge is 0.397 e. The van der Waals surface area contributed by atoms with Gasteiger partial charge in [0.15, 0.2) is 0 Å². The minimum atomic E-state index is -0.233. The summed E-state index contributed by atoms with van der Waals surface area (Å²) in [5.74, 6) is 0. The number of aromatic nitrogens is 2. The van der Waals surface area contributed by atoms with Crippen molar-refractivity contribution < 1.29 is 4.74 Å². The summed E-state index contributed by atoms with van der Waals surface area (Å²) in [6, 6.07) is 10.0. The maximum atomic E-state index is 6.13. The summed E-state index contributed by atoms with van der Waals surface area (Å²) < 4.78 is 5.68. The van der Waals surface area contributed by atoms with Gasteiger partial charge in [0, 0.05) is 12.7 Å². The Hall–Kier alpha value is -1.98. The van der Waals surface area contributed by atoms with Gasteiger partial charge in [0.1, 0.15) is 16.5 Å². The van der Waals surface area contributed by atoms with Gasteiger partial charge in [-0.3, -0.25) is 0 Å². The molecule has 0 radical (unpaired) electrons. The maximum absolute atomic E-state index is 6.13. The topological polar surface area (TPSA) is 61.0 Å². The van der Waals surface area contributed by atoms with Crippen LogP contribution in [0.5, 0.6) is 0 Å². The third kappa shape index (κ3) is 2.15. The zero-order valence-corrected chi connectivity index (χ0v) is 12.1. The molecule has 20 heavy (non-hydrogen) atoms. The van der Waals surface area contributed by atoms with Crippen LogP contribution in [0, 0.1) is 6.92 Å². The summed E-state index contributed by atoms with van der Waals surface area (Å²) in [5, 5.41) is 0.974. The highest BCUT2D eigenvalue weighted by molar-refractivity contribution is 7.18. The second-order valence-corrected chi connectivity index (χ2v) is 5.72. The third-order valence-electron chi connectivity index (χ3n) is 3.20. The first-order valence-corrected chi connectivity index (χ1v) is 7.11. The predicted octanol–water partition coefficient (Wildman–Crippen LogP) is 3.32. The molecule has 3 rings (SSSR count). The van der Waals surface area contributed by atoms with E-state index in [1.54, 1.807) is 24.6 Å². The molecule has 2 N–H and O–H groups in total. The molecule has 1 unspecified atom stereocenters. The van der Waals surface area contributed by atoms with E-state index >= 15 is 0 Å². The van der Waals surface area contributed by atoms with Crippen LogP contribution in [0.3, 0.4) is 0 Å². The van der Waals surface area contributed by atoms with Crippen molar-refractivity contribution in [3.8, 4) is 0 Å². The minimum Gasteiger partial charge on any atom is -0.397 e. The lowest BCUT2D eigenvalue weighted by Gasteiger charge is -2.18. The molecule has 0 fully saturated rings. The maximum Gasteiger partial charge on any atom is 0.143 e. The third-order valence-corrected chi connectivity index (χ3v) is 4.08. The van der Waals surface area contributed by atoms with E-state index in [2.05, 4.69) is 9.97 Å². The number of thiazole rings is 1. The van der Waals surface area contributed by atoms with Gasteiger partial charge in [-0.05, 0) is 12.5 Å². The minimum absolute atomic E-state index is 0.233. The van der Waals surface area contributed by atoms with E-state index in [0.717, 1.165) is 26.5 Å². The van der Waals surface area contributed by atoms with Gasteiger partial charge in [-0.25, -0.2) is 9.97 Å². The monoisotopic (exact) mass is 285 g/mol. The van der Waals surface area contributed by atoms with Crippen molar-refractivity contribution in [3.63, 3.8) is 0 Å². The number of rotatable bonds is 3. The number of benzene rings is 1. The van der Waals surface area contributed by atoms with Crippen LogP contribution in [0.1, 0.15) is 22.2 Å². The standard InChI is InChI=1S/C15H15N3OS/c1-9-18-13-12(11(16)8-17-15(13)20-9)14(19-2)10-6-4-3-5-7-10/h3-8,14H,16H2,1-2H3. The molecule has 2 aromatic heterocycles. The molecule has 1 aromatic carbocycles. The lowest BCUT2D eigenvalue weighted by Crippen LogP contribution is -2.08. The number of nitrogens with zero attached hydrogens (tertiary/aromatic N) is 2. The van der Waals surface area contributed by atoms with E-state index in [4.69, 9.17) is 10.5 Å². The Kier molecular flexibility index (Phi) is 3.38. The van der Waals surface area contributed by atoms with Crippen molar-refractivity contribution in [1.82, 2.24) is 9.97 Å². The van der Waals surface area contributed by atoms with Crippen molar-refractivity contribution in [1.29, 1.82) is 0 Å². The number of methoxy groups -OCH3 is 1. The molecule has 0 aliphatic heterocycles.